The zero-order valence-corrected chi connectivity index (χ0v) is 10.3. The van der Waals surface area contributed by atoms with Gasteiger partial charge in [0.1, 0.15) is 11.6 Å². The summed E-state index contributed by atoms with van der Waals surface area (Å²) < 4.78 is 12.9. The summed E-state index contributed by atoms with van der Waals surface area (Å²) in [6, 6.07) is 4.18. The second-order valence-corrected chi connectivity index (χ2v) is 4.75. The molecule has 3 nitrogen and oxygen atoms in total. The number of hydrogen-bond donors (Lipinski definition) is 1. The summed E-state index contributed by atoms with van der Waals surface area (Å²) in [4.78, 5) is 23.1. The van der Waals surface area contributed by atoms with E-state index in [1.54, 1.807) is 6.92 Å². The van der Waals surface area contributed by atoms with Gasteiger partial charge in [0.25, 0.3) is 5.91 Å². The normalized spacial score (nSPS) is 16.7. The number of carbonyl (C=O) groups is 2. The van der Waals surface area contributed by atoms with Crippen molar-refractivity contribution >= 4 is 11.7 Å². The standard InChI is InChI=1S/C14H16FNO2/c1-9-8-10(15)2-7-13(9)14(18)16-11-3-5-12(17)6-4-11/h2,7-8,11H,3-6H2,1H3,(H,16,18). The van der Waals surface area contributed by atoms with Crippen LogP contribution in [0.15, 0.2) is 18.2 Å². The van der Waals surface area contributed by atoms with Gasteiger partial charge in [-0.05, 0) is 43.5 Å². The van der Waals surface area contributed by atoms with Crippen molar-refractivity contribution in [1.82, 2.24) is 5.32 Å². The quantitative estimate of drug-likeness (QED) is 0.874. The number of carbonyl (C=O) groups excluding carboxylic acids is 2. The SMILES string of the molecule is Cc1cc(F)ccc1C(=O)NC1CCC(=O)CC1. The van der Waals surface area contributed by atoms with Crippen molar-refractivity contribution in [2.24, 2.45) is 0 Å². The first-order chi connectivity index (χ1) is 8.56. The van der Waals surface area contributed by atoms with Crippen molar-refractivity contribution in [3.8, 4) is 0 Å². The lowest BCUT2D eigenvalue weighted by Gasteiger charge is -2.22. The summed E-state index contributed by atoms with van der Waals surface area (Å²) >= 11 is 0. The molecule has 0 radical (unpaired) electrons. The maximum atomic E-state index is 12.9. The van der Waals surface area contributed by atoms with Crippen LogP contribution in [0.1, 0.15) is 41.6 Å². The molecule has 1 aromatic carbocycles. The van der Waals surface area contributed by atoms with E-state index in [-0.39, 0.29) is 23.5 Å². The van der Waals surface area contributed by atoms with Crippen LogP contribution in [0.4, 0.5) is 4.39 Å². The molecule has 1 aliphatic rings. The van der Waals surface area contributed by atoms with Crippen molar-refractivity contribution < 1.29 is 14.0 Å². The van der Waals surface area contributed by atoms with Crippen LogP contribution in [-0.2, 0) is 4.79 Å². The Balaban J connectivity index is 2.01. The molecule has 1 saturated carbocycles. The van der Waals surface area contributed by atoms with E-state index in [4.69, 9.17) is 0 Å². The van der Waals surface area contributed by atoms with Crippen LogP contribution in [0, 0.1) is 12.7 Å². The van der Waals surface area contributed by atoms with Crippen LogP contribution in [0.2, 0.25) is 0 Å². The number of ketones is 1. The lowest BCUT2D eigenvalue weighted by atomic mass is 9.94. The summed E-state index contributed by atoms with van der Waals surface area (Å²) in [6.45, 7) is 1.71. The number of halogens is 1. The Morgan fingerprint density at radius 1 is 1.33 bits per heavy atom. The van der Waals surface area contributed by atoms with E-state index in [2.05, 4.69) is 5.32 Å². The molecular formula is C14H16FNO2. The Bertz CT molecular complexity index is 475. The second kappa shape index (κ2) is 5.29. The number of benzene rings is 1. The maximum absolute atomic E-state index is 12.9. The minimum Gasteiger partial charge on any atom is -0.349 e. The van der Waals surface area contributed by atoms with Gasteiger partial charge in [-0.15, -0.1) is 0 Å². The fraction of sp³-hybridized carbons (Fsp3) is 0.429. The summed E-state index contributed by atoms with van der Waals surface area (Å²) in [5, 5.41) is 2.90. The van der Waals surface area contributed by atoms with Gasteiger partial charge < -0.3 is 5.32 Å². The van der Waals surface area contributed by atoms with Crippen molar-refractivity contribution in [1.29, 1.82) is 0 Å². The zero-order chi connectivity index (χ0) is 13.1. The Morgan fingerprint density at radius 3 is 2.61 bits per heavy atom. The summed E-state index contributed by atoms with van der Waals surface area (Å²) in [7, 11) is 0. The van der Waals surface area contributed by atoms with Gasteiger partial charge in [-0.2, -0.15) is 0 Å². The van der Waals surface area contributed by atoms with Gasteiger partial charge in [0.2, 0.25) is 0 Å². The lowest BCUT2D eigenvalue weighted by Crippen LogP contribution is -2.38. The van der Waals surface area contributed by atoms with Crippen LogP contribution in [-0.4, -0.2) is 17.7 Å². The van der Waals surface area contributed by atoms with E-state index in [9.17, 15) is 14.0 Å². The molecule has 1 fully saturated rings. The lowest BCUT2D eigenvalue weighted by molar-refractivity contribution is -0.120. The minimum atomic E-state index is -0.340. The first-order valence-electron chi connectivity index (χ1n) is 6.15. The number of amides is 1. The highest BCUT2D eigenvalue weighted by atomic mass is 19.1. The second-order valence-electron chi connectivity index (χ2n) is 4.75. The Hall–Kier alpha value is -1.71. The van der Waals surface area contributed by atoms with E-state index >= 15 is 0 Å². The third kappa shape index (κ3) is 2.94. The molecule has 0 atom stereocenters. The van der Waals surface area contributed by atoms with E-state index in [0.717, 1.165) is 0 Å². The predicted molar refractivity (Wildman–Crippen MR) is 65.9 cm³/mol. The molecule has 96 valence electrons. The maximum Gasteiger partial charge on any atom is 0.251 e. The Kier molecular flexibility index (Phi) is 3.75. The topological polar surface area (TPSA) is 46.2 Å². The Morgan fingerprint density at radius 2 is 2.00 bits per heavy atom. The highest BCUT2D eigenvalue weighted by Crippen LogP contribution is 2.16. The molecule has 0 bridgehead atoms. The fourth-order valence-electron chi connectivity index (χ4n) is 2.23. The number of aryl methyl sites for hydroxylation is 1. The molecule has 2 rings (SSSR count). The molecular weight excluding hydrogens is 233 g/mol. The zero-order valence-electron chi connectivity index (χ0n) is 10.3. The van der Waals surface area contributed by atoms with Crippen LogP contribution >= 0.6 is 0 Å². The van der Waals surface area contributed by atoms with Gasteiger partial charge >= 0.3 is 0 Å². The first kappa shape index (κ1) is 12.7. The molecule has 0 aromatic heterocycles. The average molecular weight is 249 g/mol. The molecule has 18 heavy (non-hydrogen) atoms. The van der Waals surface area contributed by atoms with E-state index < -0.39 is 0 Å². The van der Waals surface area contributed by atoms with Crippen molar-refractivity contribution in [2.45, 2.75) is 38.6 Å². The highest BCUT2D eigenvalue weighted by Gasteiger charge is 2.21. The summed E-state index contributed by atoms with van der Waals surface area (Å²) in [5.41, 5.74) is 1.12. The molecule has 1 aliphatic carbocycles. The minimum absolute atomic E-state index is 0.0552. The number of rotatable bonds is 2. The van der Waals surface area contributed by atoms with E-state index in [1.165, 1.54) is 18.2 Å². The largest absolute Gasteiger partial charge is 0.349 e. The number of Topliss-reactive ketones (excluding diaryl/α,β-unsaturated/α-hetero) is 1. The van der Waals surface area contributed by atoms with Crippen LogP contribution in [0.5, 0.6) is 0 Å². The van der Waals surface area contributed by atoms with Gasteiger partial charge in [-0.3, -0.25) is 9.59 Å². The number of nitrogens with one attached hydrogen (secondary N) is 1. The van der Waals surface area contributed by atoms with E-state index in [0.29, 0.717) is 36.8 Å². The molecule has 1 amide bonds. The molecule has 0 spiro atoms. The Labute approximate surface area is 105 Å². The third-order valence-corrected chi connectivity index (χ3v) is 3.31. The predicted octanol–water partition coefficient (Wildman–Crippen LogP) is 2.38. The van der Waals surface area contributed by atoms with Crippen molar-refractivity contribution in [2.75, 3.05) is 0 Å². The molecule has 0 saturated heterocycles. The highest BCUT2D eigenvalue weighted by molar-refractivity contribution is 5.95. The molecule has 0 aliphatic heterocycles. The number of hydrogen-bond acceptors (Lipinski definition) is 2. The van der Waals surface area contributed by atoms with Gasteiger partial charge in [-0.25, -0.2) is 4.39 Å². The van der Waals surface area contributed by atoms with Crippen LogP contribution in [0.3, 0.4) is 0 Å². The van der Waals surface area contributed by atoms with E-state index in [1.807, 2.05) is 0 Å². The summed E-state index contributed by atoms with van der Waals surface area (Å²) in [5.74, 6) is -0.266. The van der Waals surface area contributed by atoms with Crippen molar-refractivity contribution in [3.63, 3.8) is 0 Å². The fourth-order valence-corrected chi connectivity index (χ4v) is 2.23. The van der Waals surface area contributed by atoms with Crippen LogP contribution in [0.25, 0.3) is 0 Å². The molecule has 1 aromatic rings. The van der Waals surface area contributed by atoms with Gasteiger partial charge in [0.05, 0.1) is 0 Å². The molecule has 0 unspecified atom stereocenters. The molecule has 4 heteroatoms. The van der Waals surface area contributed by atoms with Gasteiger partial charge in [0.15, 0.2) is 0 Å². The average Bonchev–Trinajstić information content (AvgIpc) is 2.32. The third-order valence-electron chi connectivity index (χ3n) is 3.31. The molecule has 0 heterocycles. The first-order valence-corrected chi connectivity index (χ1v) is 6.15. The van der Waals surface area contributed by atoms with Crippen LogP contribution < -0.4 is 5.32 Å². The monoisotopic (exact) mass is 249 g/mol. The molecule has 1 N–H and O–H groups in total. The smallest absolute Gasteiger partial charge is 0.251 e. The van der Waals surface area contributed by atoms with Gasteiger partial charge in [0, 0.05) is 24.4 Å². The van der Waals surface area contributed by atoms with Crippen molar-refractivity contribution in [3.05, 3.63) is 35.1 Å². The summed E-state index contributed by atoms with van der Waals surface area (Å²) in [6.07, 6.45) is 2.47. The van der Waals surface area contributed by atoms with Gasteiger partial charge in [-0.1, -0.05) is 0 Å².